The minimum Gasteiger partial charge on any atom is -0.372 e. The van der Waals surface area contributed by atoms with Crippen LogP contribution in [0.15, 0.2) is 71.2 Å². The third-order valence-corrected chi connectivity index (χ3v) is 5.84. The fourth-order valence-electron chi connectivity index (χ4n) is 2.84. The number of hydroxylamine groups is 1. The molecule has 2 aromatic rings. The zero-order valence-corrected chi connectivity index (χ0v) is 18.1. The van der Waals surface area contributed by atoms with E-state index in [1.807, 2.05) is 18.2 Å². The molecule has 3 N–H and O–H groups in total. The van der Waals surface area contributed by atoms with E-state index in [9.17, 15) is 13.2 Å². The Morgan fingerprint density at radius 1 is 1.00 bits per heavy atom. The average molecular weight is 430 g/mol. The van der Waals surface area contributed by atoms with E-state index in [0.717, 1.165) is 29.9 Å². The van der Waals surface area contributed by atoms with E-state index in [1.165, 1.54) is 11.6 Å². The molecule has 0 atom stereocenters. The topological polar surface area (TPSA) is 98.7 Å². The maximum atomic E-state index is 12.7. The molecule has 1 amide bonds. The number of anilines is 2. The Morgan fingerprint density at radius 2 is 1.60 bits per heavy atom. The molecular weight excluding hydrogens is 402 g/mol. The summed E-state index contributed by atoms with van der Waals surface area (Å²) in [6.45, 7) is 7.62. The predicted octanol–water partition coefficient (Wildman–Crippen LogP) is 3.80. The van der Waals surface area contributed by atoms with Gasteiger partial charge in [-0.05, 0) is 62.7 Å². The molecule has 2 rings (SSSR count). The second kappa shape index (κ2) is 10.6. The van der Waals surface area contributed by atoms with Crippen molar-refractivity contribution in [1.82, 2.24) is 5.48 Å². The maximum Gasteiger partial charge on any atom is 0.267 e. The third kappa shape index (κ3) is 6.47. The molecule has 0 unspecified atom stereocenters. The molecule has 8 heteroatoms. The fourth-order valence-corrected chi connectivity index (χ4v) is 3.90. The van der Waals surface area contributed by atoms with E-state index in [0.29, 0.717) is 5.69 Å². The van der Waals surface area contributed by atoms with Crippen molar-refractivity contribution < 1.29 is 18.4 Å². The lowest BCUT2D eigenvalue weighted by Crippen LogP contribution is -2.21. The lowest BCUT2D eigenvalue weighted by molar-refractivity contribution is -0.124. The molecule has 2 aromatic carbocycles. The summed E-state index contributed by atoms with van der Waals surface area (Å²) in [5.41, 5.74) is 4.59. The zero-order chi connectivity index (χ0) is 22.1. The number of allylic oxidation sites excluding steroid dienone is 2. The van der Waals surface area contributed by atoms with Crippen molar-refractivity contribution in [3.63, 3.8) is 0 Å². The monoisotopic (exact) mass is 429 g/mol. The molecule has 0 heterocycles. The van der Waals surface area contributed by atoms with E-state index < -0.39 is 15.9 Å². The van der Waals surface area contributed by atoms with Crippen molar-refractivity contribution in [3.05, 3.63) is 71.8 Å². The molecule has 0 aliphatic carbocycles. The number of carbonyl (C=O) groups excluding carboxylic acids is 1. The number of sulfonamides is 1. The summed E-state index contributed by atoms with van der Waals surface area (Å²) in [6.07, 6.45) is 4.59. The van der Waals surface area contributed by atoms with Crippen LogP contribution in [-0.4, -0.2) is 32.6 Å². The highest BCUT2D eigenvalue weighted by Gasteiger charge is 2.14. The summed E-state index contributed by atoms with van der Waals surface area (Å²) in [6, 6.07) is 13.7. The van der Waals surface area contributed by atoms with Crippen LogP contribution in [-0.2, 0) is 14.8 Å². The van der Waals surface area contributed by atoms with Gasteiger partial charge in [0.2, 0.25) is 0 Å². The fraction of sp³-hybridized carbons (Fsp3) is 0.227. The first-order valence-electron chi connectivity index (χ1n) is 9.57. The maximum absolute atomic E-state index is 12.7. The number of benzene rings is 2. The SMILES string of the molecule is CCN(CC)c1ccc(S(=O)(=O)Nc2ccc(C=C(C)C=CC(=O)NO)cc2)cc1. The van der Waals surface area contributed by atoms with Crippen LogP contribution in [0.4, 0.5) is 11.4 Å². The highest BCUT2D eigenvalue weighted by atomic mass is 32.2. The normalized spacial score (nSPS) is 12.1. The van der Waals surface area contributed by atoms with Gasteiger partial charge in [-0.15, -0.1) is 0 Å². The summed E-state index contributed by atoms with van der Waals surface area (Å²) >= 11 is 0. The summed E-state index contributed by atoms with van der Waals surface area (Å²) in [5, 5.41) is 8.48. The van der Waals surface area contributed by atoms with Gasteiger partial charge in [0.15, 0.2) is 0 Å². The molecule has 0 aliphatic rings. The van der Waals surface area contributed by atoms with Crippen LogP contribution in [0.5, 0.6) is 0 Å². The standard InChI is InChI=1S/C22H27N3O4S/c1-4-25(5-2)20-11-13-21(14-12-20)30(28,29)24-19-9-7-18(8-10-19)16-17(3)6-15-22(26)23-27/h6-16,24,27H,4-5H2,1-3H3,(H,23,26). The van der Waals surface area contributed by atoms with Crippen LogP contribution in [0.3, 0.4) is 0 Å². The van der Waals surface area contributed by atoms with Gasteiger partial charge in [0.1, 0.15) is 0 Å². The molecule has 0 saturated carbocycles. The number of rotatable bonds is 9. The van der Waals surface area contributed by atoms with Gasteiger partial charge < -0.3 is 4.90 Å². The molecule has 0 bridgehead atoms. The molecule has 0 radical (unpaired) electrons. The van der Waals surface area contributed by atoms with Gasteiger partial charge in [0.05, 0.1) is 4.90 Å². The lowest BCUT2D eigenvalue weighted by atomic mass is 10.1. The molecular formula is C22H27N3O4S. The third-order valence-electron chi connectivity index (χ3n) is 4.44. The van der Waals surface area contributed by atoms with Crippen molar-refractivity contribution in [1.29, 1.82) is 0 Å². The highest BCUT2D eigenvalue weighted by molar-refractivity contribution is 7.92. The van der Waals surface area contributed by atoms with E-state index in [1.54, 1.807) is 49.4 Å². The first-order valence-corrected chi connectivity index (χ1v) is 11.1. The quantitative estimate of drug-likeness (QED) is 0.244. The van der Waals surface area contributed by atoms with Gasteiger partial charge in [-0.25, -0.2) is 13.9 Å². The van der Waals surface area contributed by atoms with Crippen LogP contribution >= 0.6 is 0 Å². The smallest absolute Gasteiger partial charge is 0.267 e. The molecule has 30 heavy (non-hydrogen) atoms. The van der Waals surface area contributed by atoms with Crippen LogP contribution in [0.25, 0.3) is 6.08 Å². The first kappa shape index (κ1) is 23.2. The first-order chi connectivity index (χ1) is 14.3. The summed E-state index contributed by atoms with van der Waals surface area (Å²) < 4.78 is 27.9. The Balaban J connectivity index is 2.10. The van der Waals surface area contributed by atoms with Crippen LogP contribution < -0.4 is 15.1 Å². The molecule has 7 nitrogen and oxygen atoms in total. The van der Waals surface area contributed by atoms with Gasteiger partial charge in [-0.2, -0.15) is 0 Å². The molecule has 160 valence electrons. The number of amides is 1. The second-order valence-corrected chi connectivity index (χ2v) is 8.27. The van der Waals surface area contributed by atoms with Crippen molar-refractivity contribution >= 4 is 33.4 Å². The molecule has 0 spiro atoms. The Morgan fingerprint density at radius 3 is 2.13 bits per heavy atom. The van der Waals surface area contributed by atoms with Gasteiger partial charge in [0.25, 0.3) is 15.9 Å². The van der Waals surface area contributed by atoms with Crippen molar-refractivity contribution in [2.45, 2.75) is 25.7 Å². The average Bonchev–Trinajstić information content (AvgIpc) is 2.74. The number of carbonyl (C=O) groups is 1. The van der Waals surface area contributed by atoms with Crippen molar-refractivity contribution in [3.8, 4) is 0 Å². The lowest BCUT2D eigenvalue weighted by Gasteiger charge is -2.21. The van der Waals surface area contributed by atoms with Gasteiger partial charge in [-0.3, -0.25) is 14.7 Å². The van der Waals surface area contributed by atoms with E-state index in [-0.39, 0.29) is 4.90 Å². The Labute approximate surface area is 177 Å². The summed E-state index contributed by atoms with van der Waals surface area (Å²) in [4.78, 5) is 13.3. The van der Waals surface area contributed by atoms with Crippen molar-refractivity contribution in [2.75, 3.05) is 22.7 Å². The summed E-state index contributed by atoms with van der Waals surface area (Å²) in [7, 11) is -3.69. The van der Waals surface area contributed by atoms with E-state index in [2.05, 4.69) is 23.5 Å². The molecule has 0 aliphatic heterocycles. The van der Waals surface area contributed by atoms with Crippen LogP contribution in [0.2, 0.25) is 0 Å². The number of hydrogen-bond acceptors (Lipinski definition) is 5. The van der Waals surface area contributed by atoms with Crippen LogP contribution in [0, 0.1) is 0 Å². The Bertz CT molecular complexity index is 1010. The van der Waals surface area contributed by atoms with Gasteiger partial charge in [0, 0.05) is 30.5 Å². The predicted molar refractivity (Wildman–Crippen MR) is 120 cm³/mol. The largest absolute Gasteiger partial charge is 0.372 e. The van der Waals surface area contributed by atoms with E-state index >= 15 is 0 Å². The molecule has 0 aromatic heterocycles. The number of nitrogens with one attached hydrogen (secondary N) is 2. The van der Waals surface area contributed by atoms with Gasteiger partial charge in [-0.1, -0.05) is 29.9 Å². The summed E-state index contributed by atoms with van der Waals surface area (Å²) in [5.74, 6) is -0.613. The second-order valence-electron chi connectivity index (χ2n) is 6.59. The van der Waals surface area contributed by atoms with Gasteiger partial charge >= 0.3 is 0 Å². The van der Waals surface area contributed by atoms with Crippen LogP contribution in [0.1, 0.15) is 26.3 Å². The minimum atomic E-state index is -3.69. The highest BCUT2D eigenvalue weighted by Crippen LogP contribution is 2.21. The Hall–Kier alpha value is -3.10. The number of nitrogens with zero attached hydrogens (tertiary/aromatic N) is 1. The minimum absolute atomic E-state index is 0.200. The van der Waals surface area contributed by atoms with E-state index in [4.69, 9.17) is 5.21 Å². The van der Waals surface area contributed by atoms with Crippen molar-refractivity contribution in [2.24, 2.45) is 0 Å². The number of hydrogen-bond donors (Lipinski definition) is 3. The zero-order valence-electron chi connectivity index (χ0n) is 17.3. The molecule has 0 saturated heterocycles. The Kier molecular flexibility index (Phi) is 8.20. The molecule has 0 fully saturated rings.